The minimum Gasteiger partial charge on any atom is -0.481 e. The van der Waals surface area contributed by atoms with E-state index in [9.17, 15) is 14.7 Å². The fourth-order valence-corrected chi connectivity index (χ4v) is 8.10. The van der Waals surface area contributed by atoms with Crippen LogP contribution in [0.2, 0.25) is 0 Å². The van der Waals surface area contributed by atoms with Crippen molar-refractivity contribution in [2.24, 2.45) is 34.0 Å². The Morgan fingerprint density at radius 3 is 2.52 bits per heavy atom. The lowest BCUT2D eigenvalue weighted by molar-refractivity contribution is -0.195. The molecular weight excluding hydrogens is 364 g/mol. The molecule has 1 N–H and O–H groups in total. The number of hydrogen-bond acceptors (Lipinski definition) is 3. The van der Waals surface area contributed by atoms with E-state index in [4.69, 9.17) is 4.74 Å². The third-order valence-corrected chi connectivity index (χ3v) is 9.65. The van der Waals surface area contributed by atoms with Gasteiger partial charge < -0.3 is 9.84 Å². The summed E-state index contributed by atoms with van der Waals surface area (Å²) in [6.07, 6.45) is 9.50. The molecule has 0 aromatic carbocycles. The van der Waals surface area contributed by atoms with E-state index in [1.54, 1.807) is 13.0 Å². The van der Waals surface area contributed by atoms with Crippen molar-refractivity contribution in [3.63, 3.8) is 0 Å². The highest BCUT2D eigenvalue weighted by molar-refractivity contribution is 5.88. The maximum absolute atomic E-state index is 12.7. The Morgan fingerprint density at radius 1 is 1.14 bits per heavy atom. The monoisotopic (exact) mass is 400 g/mol. The van der Waals surface area contributed by atoms with Crippen molar-refractivity contribution in [2.75, 3.05) is 0 Å². The predicted molar refractivity (Wildman–Crippen MR) is 112 cm³/mol. The number of hydrogen-bond donors (Lipinski definition) is 1. The number of esters is 1. The Kier molecular flexibility index (Phi) is 4.79. The van der Waals surface area contributed by atoms with Crippen molar-refractivity contribution in [3.05, 3.63) is 23.8 Å². The first-order chi connectivity index (χ1) is 13.6. The normalized spacial score (nSPS) is 46.6. The van der Waals surface area contributed by atoms with E-state index in [1.807, 2.05) is 13.8 Å². The molecule has 0 amide bonds. The van der Waals surface area contributed by atoms with E-state index < -0.39 is 11.4 Å². The molecule has 29 heavy (non-hydrogen) atoms. The number of rotatable bonds is 3. The van der Waals surface area contributed by atoms with Gasteiger partial charge in [-0.2, -0.15) is 0 Å². The predicted octanol–water partition coefficient (Wildman–Crippen LogP) is 5.53. The van der Waals surface area contributed by atoms with Gasteiger partial charge in [0.2, 0.25) is 0 Å². The summed E-state index contributed by atoms with van der Waals surface area (Å²) in [5.41, 5.74) is 1.02. The Labute approximate surface area is 174 Å². The first kappa shape index (κ1) is 20.7. The fraction of sp³-hybridized carbons (Fsp3) is 0.760. The van der Waals surface area contributed by atoms with Crippen molar-refractivity contribution in [1.82, 2.24) is 0 Å². The molecule has 1 spiro atoms. The van der Waals surface area contributed by atoms with Crippen LogP contribution < -0.4 is 0 Å². The van der Waals surface area contributed by atoms with Crippen LogP contribution in [0.25, 0.3) is 0 Å². The van der Waals surface area contributed by atoms with Gasteiger partial charge >= 0.3 is 11.9 Å². The van der Waals surface area contributed by atoms with E-state index >= 15 is 0 Å². The molecule has 0 unspecified atom stereocenters. The van der Waals surface area contributed by atoms with Crippen molar-refractivity contribution in [2.45, 2.75) is 85.2 Å². The number of carbonyl (C=O) groups excluding carboxylic acids is 1. The van der Waals surface area contributed by atoms with Crippen LogP contribution in [0, 0.1) is 34.0 Å². The maximum atomic E-state index is 12.7. The topological polar surface area (TPSA) is 63.6 Å². The largest absolute Gasteiger partial charge is 0.481 e. The number of ether oxygens (including phenoxy) is 1. The van der Waals surface area contributed by atoms with Crippen molar-refractivity contribution < 1.29 is 19.4 Å². The quantitative estimate of drug-likeness (QED) is 0.384. The highest BCUT2D eigenvalue weighted by atomic mass is 16.5. The highest BCUT2D eigenvalue weighted by Gasteiger charge is 2.68. The zero-order chi connectivity index (χ0) is 21.2. The van der Waals surface area contributed by atoms with Crippen LogP contribution in [-0.2, 0) is 14.3 Å². The lowest BCUT2D eigenvalue weighted by Gasteiger charge is -2.63. The molecular formula is C25H36O4. The van der Waals surface area contributed by atoms with Gasteiger partial charge in [0.15, 0.2) is 0 Å². The summed E-state index contributed by atoms with van der Waals surface area (Å²) in [6, 6.07) is 0. The van der Waals surface area contributed by atoms with Gasteiger partial charge in [-0.1, -0.05) is 26.0 Å². The van der Waals surface area contributed by atoms with E-state index in [0.29, 0.717) is 17.4 Å². The molecule has 0 aromatic rings. The number of carboxylic acids is 1. The molecule has 4 saturated carbocycles. The summed E-state index contributed by atoms with van der Waals surface area (Å²) in [4.78, 5) is 25.0. The average Bonchev–Trinajstić information content (AvgIpc) is 2.87. The summed E-state index contributed by atoms with van der Waals surface area (Å²) >= 11 is 0. The van der Waals surface area contributed by atoms with Gasteiger partial charge in [-0.3, -0.25) is 4.79 Å². The number of fused-ring (bicyclic) bond motifs is 3. The molecule has 2 bridgehead atoms. The van der Waals surface area contributed by atoms with Gasteiger partial charge in [0, 0.05) is 11.0 Å². The third kappa shape index (κ3) is 2.70. The van der Waals surface area contributed by atoms with Crippen LogP contribution in [-0.4, -0.2) is 23.1 Å². The molecule has 7 atom stereocenters. The minimum absolute atomic E-state index is 0.0144. The lowest BCUT2D eigenvalue weighted by Crippen LogP contribution is -2.60. The van der Waals surface area contributed by atoms with Crippen molar-refractivity contribution >= 4 is 11.9 Å². The number of carboxylic acid groups (broad SMARTS) is 1. The minimum atomic E-state index is -0.644. The number of aliphatic carboxylic acids is 1. The summed E-state index contributed by atoms with van der Waals surface area (Å²) < 4.78 is 6.15. The maximum Gasteiger partial charge on any atom is 0.333 e. The SMILES string of the molecule is C=C1[C@H]2CC[C@@H]3[C@]4(C)CCC[C@@](C)(C(=O)O)[C@@H]4CC[C@]3(C2)[C@@H]1OC(=O)/C(C)=C\C. The van der Waals surface area contributed by atoms with Crippen LogP contribution in [0.15, 0.2) is 23.8 Å². The Morgan fingerprint density at radius 2 is 1.86 bits per heavy atom. The Bertz CT molecular complexity index is 782. The van der Waals surface area contributed by atoms with Crippen LogP contribution in [0.5, 0.6) is 0 Å². The zero-order valence-electron chi connectivity index (χ0n) is 18.4. The van der Waals surface area contributed by atoms with Crippen LogP contribution in [0.3, 0.4) is 0 Å². The van der Waals surface area contributed by atoms with Crippen molar-refractivity contribution in [3.8, 4) is 0 Å². The second kappa shape index (κ2) is 6.72. The third-order valence-electron chi connectivity index (χ3n) is 9.65. The second-order valence-electron chi connectivity index (χ2n) is 10.8. The first-order valence-corrected chi connectivity index (χ1v) is 11.4. The summed E-state index contributed by atoms with van der Waals surface area (Å²) in [5, 5.41) is 10.1. The number of carbonyl (C=O) groups is 2. The molecule has 4 fully saturated rings. The van der Waals surface area contributed by atoms with Crippen molar-refractivity contribution in [1.29, 1.82) is 0 Å². The fourth-order valence-electron chi connectivity index (χ4n) is 8.10. The van der Waals surface area contributed by atoms with Gasteiger partial charge in [0.1, 0.15) is 6.10 Å². The summed E-state index contributed by atoms with van der Waals surface area (Å²) in [5.74, 6) is 0.151. The molecule has 4 aliphatic carbocycles. The molecule has 160 valence electrons. The smallest absolute Gasteiger partial charge is 0.333 e. The highest BCUT2D eigenvalue weighted by Crippen LogP contribution is 2.72. The standard InChI is InChI=1S/C25H36O4/c1-6-15(2)21(26)29-20-16(3)17-8-9-19-23(4)11-7-12-24(5,22(27)28)18(23)10-13-25(19,20)14-17/h6,17-20H,3,7-14H2,1-2,4-5H3,(H,27,28)/b15-6-/t17-,18+,19+,20+,23+,24+,25+/m0/s1. The van der Waals surface area contributed by atoms with Gasteiger partial charge in [0.25, 0.3) is 0 Å². The van der Waals surface area contributed by atoms with Gasteiger partial charge in [-0.05, 0) is 94.5 Å². The van der Waals surface area contributed by atoms with Gasteiger partial charge in [-0.15, -0.1) is 0 Å². The van der Waals surface area contributed by atoms with E-state index in [1.165, 1.54) is 0 Å². The van der Waals surface area contributed by atoms with E-state index in [2.05, 4.69) is 13.5 Å². The average molecular weight is 401 g/mol. The molecule has 0 saturated heterocycles. The molecule has 4 aliphatic rings. The molecule has 4 rings (SSSR count). The van der Waals surface area contributed by atoms with E-state index in [0.717, 1.165) is 56.9 Å². The number of allylic oxidation sites excluding steroid dienone is 1. The Hall–Kier alpha value is -1.58. The molecule has 0 aliphatic heterocycles. The molecule has 0 heterocycles. The summed E-state index contributed by atoms with van der Waals surface area (Å²) in [6.45, 7) is 12.4. The lowest BCUT2D eigenvalue weighted by atomic mass is 9.40. The van der Waals surface area contributed by atoms with Crippen LogP contribution in [0.1, 0.15) is 79.1 Å². The Balaban J connectivity index is 1.73. The molecule has 4 nitrogen and oxygen atoms in total. The zero-order valence-corrected chi connectivity index (χ0v) is 18.4. The first-order valence-electron chi connectivity index (χ1n) is 11.4. The second-order valence-corrected chi connectivity index (χ2v) is 10.8. The van der Waals surface area contributed by atoms with Gasteiger partial charge in [0.05, 0.1) is 5.41 Å². The molecule has 0 radical (unpaired) electrons. The molecule has 0 aromatic heterocycles. The van der Waals surface area contributed by atoms with Gasteiger partial charge in [-0.25, -0.2) is 4.79 Å². The van der Waals surface area contributed by atoms with E-state index in [-0.39, 0.29) is 28.8 Å². The van der Waals surface area contributed by atoms with Crippen LogP contribution in [0.4, 0.5) is 0 Å². The summed E-state index contributed by atoms with van der Waals surface area (Å²) in [7, 11) is 0. The molecule has 4 heteroatoms. The van der Waals surface area contributed by atoms with Crippen LogP contribution >= 0.6 is 0 Å².